The average Bonchev–Trinajstić information content (AvgIpc) is 2.80. The average molecular weight is 415 g/mol. The quantitative estimate of drug-likeness (QED) is 0.602. The monoisotopic (exact) mass is 415 g/mol. The Bertz CT molecular complexity index is 1100. The Balaban J connectivity index is 1.58. The third kappa shape index (κ3) is 5.61. The SMILES string of the molecule is COc1ccccc1NC(=O)c1ccc(NC(=O)[C@@H](C)Oc2ccc(C#N)cc2)cc1. The molecule has 0 saturated heterocycles. The third-order valence-corrected chi connectivity index (χ3v) is 4.44. The lowest BCUT2D eigenvalue weighted by molar-refractivity contribution is -0.122. The van der Waals surface area contributed by atoms with Crippen LogP contribution in [0.15, 0.2) is 72.8 Å². The van der Waals surface area contributed by atoms with Gasteiger partial charge in [-0.3, -0.25) is 9.59 Å². The zero-order chi connectivity index (χ0) is 22.2. The Kier molecular flexibility index (Phi) is 6.86. The van der Waals surface area contributed by atoms with Crippen LogP contribution in [-0.4, -0.2) is 25.0 Å². The van der Waals surface area contributed by atoms with Gasteiger partial charge >= 0.3 is 0 Å². The highest BCUT2D eigenvalue weighted by Crippen LogP contribution is 2.24. The van der Waals surface area contributed by atoms with Crippen molar-refractivity contribution in [1.29, 1.82) is 5.26 Å². The number of ether oxygens (including phenoxy) is 2. The van der Waals surface area contributed by atoms with Crippen LogP contribution in [0.5, 0.6) is 11.5 Å². The largest absolute Gasteiger partial charge is 0.495 e. The fourth-order valence-electron chi connectivity index (χ4n) is 2.76. The van der Waals surface area contributed by atoms with Gasteiger partial charge in [-0.25, -0.2) is 0 Å². The fraction of sp³-hybridized carbons (Fsp3) is 0.125. The minimum atomic E-state index is -0.749. The van der Waals surface area contributed by atoms with E-state index in [1.165, 1.54) is 7.11 Å². The van der Waals surface area contributed by atoms with Gasteiger partial charge in [0.15, 0.2) is 6.10 Å². The number of nitrogens with one attached hydrogen (secondary N) is 2. The molecule has 156 valence electrons. The van der Waals surface area contributed by atoms with Crippen LogP contribution >= 0.6 is 0 Å². The lowest BCUT2D eigenvalue weighted by Gasteiger charge is -2.15. The topological polar surface area (TPSA) is 100 Å². The molecule has 0 radical (unpaired) electrons. The second-order valence-electron chi connectivity index (χ2n) is 6.62. The standard InChI is InChI=1S/C24H21N3O4/c1-16(31-20-13-7-17(15-25)8-14-20)23(28)26-19-11-9-18(10-12-19)24(29)27-21-5-3-4-6-22(21)30-2/h3-14,16H,1-2H3,(H,26,28)(H,27,29)/t16-/m1/s1. The van der Waals surface area contributed by atoms with Crippen molar-refractivity contribution < 1.29 is 19.1 Å². The lowest BCUT2D eigenvalue weighted by Crippen LogP contribution is -2.30. The summed E-state index contributed by atoms with van der Waals surface area (Å²) < 4.78 is 10.8. The van der Waals surface area contributed by atoms with Gasteiger partial charge in [0.25, 0.3) is 11.8 Å². The number of hydrogen-bond donors (Lipinski definition) is 2. The molecule has 0 saturated carbocycles. The van der Waals surface area contributed by atoms with Crippen LogP contribution in [0.4, 0.5) is 11.4 Å². The molecule has 2 N–H and O–H groups in total. The van der Waals surface area contributed by atoms with Gasteiger partial charge in [0, 0.05) is 11.3 Å². The number of carbonyl (C=O) groups excluding carboxylic acids is 2. The number of amides is 2. The first-order chi connectivity index (χ1) is 15.0. The number of methoxy groups -OCH3 is 1. The van der Waals surface area contributed by atoms with Crippen LogP contribution < -0.4 is 20.1 Å². The number of anilines is 2. The van der Waals surface area contributed by atoms with Gasteiger partial charge in [-0.05, 0) is 67.6 Å². The Morgan fingerprint density at radius 1 is 0.935 bits per heavy atom. The molecule has 3 rings (SSSR count). The van der Waals surface area contributed by atoms with Crippen LogP contribution in [0, 0.1) is 11.3 Å². The van der Waals surface area contributed by atoms with Crippen molar-refractivity contribution in [3.63, 3.8) is 0 Å². The summed E-state index contributed by atoms with van der Waals surface area (Å²) in [6.07, 6.45) is -0.749. The van der Waals surface area contributed by atoms with Gasteiger partial charge < -0.3 is 20.1 Å². The summed E-state index contributed by atoms with van der Waals surface area (Å²) >= 11 is 0. The molecule has 31 heavy (non-hydrogen) atoms. The Hall–Kier alpha value is -4.31. The van der Waals surface area contributed by atoms with E-state index in [-0.39, 0.29) is 11.8 Å². The van der Waals surface area contributed by atoms with Gasteiger partial charge in [0.2, 0.25) is 0 Å². The number of benzene rings is 3. The highest BCUT2D eigenvalue weighted by atomic mass is 16.5. The highest BCUT2D eigenvalue weighted by molar-refractivity contribution is 6.05. The normalized spacial score (nSPS) is 11.0. The molecular formula is C24H21N3O4. The molecule has 0 aromatic heterocycles. The fourth-order valence-corrected chi connectivity index (χ4v) is 2.76. The summed E-state index contributed by atoms with van der Waals surface area (Å²) in [4.78, 5) is 24.9. The molecule has 0 bridgehead atoms. The predicted octanol–water partition coefficient (Wildman–Crippen LogP) is 4.23. The molecule has 0 aliphatic carbocycles. The van der Waals surface area contributed by atoms with Crippen molar-refractivity contribution in [1.82, 2.24) is 0 Å². The summed E-state index contributed by atoms with van der Waals surface area (Å²) in [5.41, 5.74) is 2.06. The van der Waals surface area contributed by atoms with E-state index < -0.39 is 6.10 Å². The van der Waals surface area contributed by atoms with E-state index in [1.807, 2.05) is 12.1 Å². The number of nitrogens with zero attached hydrogens (tertiary/aromatic N) is 1. The molecular weight excluding hydrogens is 394 g/mol. The molecule has 1 atom stereocenters. The van der Waals surface area contributed by atoms with Gasteiger partial charge in [-0.2, -0.15) is 5.26 Å². The van der Waals surface area contributed by atoms with E-state index in [2.05, 4.69) is 10.6 Å². The van der Waals surface area contributed by atoms with Crippen molar-refractivity contribution in [2.45, 2.75) is 13.0 Å². The summed E-state index contributed by atoms with van der Waals surface area (Å²) in [7, 11) is 1.54. The van der Waals surface area contributed by atoms with Gasteiger partial charge in [-0.1, -0.05) is 12.1 Å². The number of carbonyl (C=O) groups is 2. The maximum Gasteiger partial charge on any atom is 0.265 e. The molecule has 0 fully saturated rings. The van der Waals surface area contributed by atoms with E-state index >= 15 is 0 Å². The first kappa shape index (κ1) is 21.4. The number of rotatable bonds is 7. The van der Waals surface area contributed by atoms with Crippen molar-refractivity contribution in [2.24, 2.45) is 0 Å². The van der Waals surface area contributed by atoms with Crippen molar-refractivity contribution in [3.8, 4) is 17.6 Å². The minimum absolute atomic E-state index is 0.292. The van der Waals surface area contributed by atoms with Crippen molar-refractivity contribution >= 4 is 23.2 Å². The molecule has 2 amide bonds. The smallest absolute Gasteiger partial charge is 0.265 e. The van der Waals surface area contributed by atoms with E-state index in [9.17, 15) is 9.59 Å². The van der Waals surface area contributed by atoms with Gasteiger partial charge in [0.1, 0.15) is 11.5 Å². The minimum Gasteiger partial charge on any atom is -0.495 e. The number of nitriles is 1. The molecule has 0 heterocycles. The zero-order valence-electron chi connectivity index (χ0n) is 17.1. The molecule has 3 aromatic rings. The van der Waals surface area contributed by atoms with Crippen LogP contribution in [0.25, 0.3) is 0 Å². The highest BCUT2D eigenvalue weighted by Gasteiger charge is 2.15. The van der Waals surface area contributed by atoms with Crippen LogP contribution in [-0.2, 0) is 4.79 Å². The second-order valence-corrected chi connectivity index (χ2v) is 6.62. The van der Waals surface area contributed by atoms with Crippen LogP contribution in [0.1, 0.15) is 22.8 Å². The predicted molar refractivity (Wildman–Crippen MR) is 117 cm³/mol. The first-order valence-electron chi connectivity index (χ1n) is 9.52. The molecule has 3 aromatic carbocycles. The molecule has 0 aliphatic heterocycles. The maximum absolute atomic E-state index is 12.5. The lowest BCUT2D eigenvalue weighted by atomic mass is 10.1. The molecule has 7 nitrogen and oxygen atoms in total. The molecule has 0 aliphatic rings. The Morgan fingerprint density at radius 3 is 2.26 bits per heavy atom. The first-order valence-corrected chi connectivity index (χ1v) is 9.52. The van der Waals surface area contributed by atoms with Crippen LogP contribution in [0.2, 0.25) is 0 Å². The van der Waals surface area contributed by atoms with Crippen LogP contribution in [0.3, 0.4) is 0 Å². The number of hydrogen-bond acceptors (Lipinski definition) is 5. The summed E-state index contributed by atoms with van der Waals surface area (Å²) in [6, 6.07) is 22.2. The maximum atomic E-state index is 12.5. The summed E-state index contributed by atoms with van der Waals surface area (Å²) in [5, 5.41) is 14.4. The van der Waals surface area contributed by atoms with E-state index in [0.717, 1.165) is 0 Å². The second kappa shape index (κ2) is 9.94. The van der Waals surface area contributed by atoms with Gasteiger partial charge in [0.05, 0.1) is 24.4 Å². The molecule has 7 heteroatoms. The van der Waals surface area contributed by atoms with Crippen molar-refractivity contribution in [2.75, 3.05) is 17.7 Å². The van der Waals surface area contributed by atoms with E-state index in [0.29, 0.717) is 34.0 Å². The third-order valence-electron chi connectivity index (χ3n) is 4.44. The zero-order valence-corrected chi connectivity index (χ0v) is 17.1. The summed E-state index contributed by atoms with van der Waals surface area (Å²) in [5.74, 6) is 0.427. The summed E-state index contributed by atoms with van der Waals surface area (Å²) in [6.45, 7) is 1.63. The Labute approximate surface area is 180 Å². The molecule has 0 spiro atoms. The molecule has 0 unspecified atom stereocenters. The van der Waals surface area contributed by atoms with E-state index in [1.54, 1.807) is 73.7 Å². The van der Waals surface area contributed by atoms with Gasteiger partial charge in [-0.15, -0.1) is 0 Å². The van der Waals surface area contributed by atoms with E-state index in [4.69, 9.17) is 14.7 Å². The van der Waals surface area contributed by atoms with Crippen molar-refractivity contribution in [3.05, 3.63) is 83.9 Å². The Morgan fingerprint density at radius 2 is 1.61 bits per heavy atom. The number of para-hydroxylation sites is 2.